The maximum absolute atomic E-state index is 12.7. The molecule has 166 valence electrons. The minimum absolute atomic E-state index is 0.00507. The highest BCUT2D eigenvalue weighted by Crippen LogP contribution is 2.61. The number of aromatic nitrogens is 3. The van der Waals surface area contributed by atoms with Crippen molar-refractivity contribution >= 4 is 23.2 Å². The Morgan fingerprint density at radius 3 is 2.81 bits per heavy atom. The van der Waals surface area contributed by atoms with Gasteiger partial charge in [-0.05, 0) is 42.1 Å². The maximum atomic E-state index is 12.7. The molecule has 0 aromatic carbocycles. The lowest BCUT2D eigenvalue weighted by molar-refractivity contribution is -0.122. The van der Waals surface area contributed by atoms with Crippen molar-refractivity contribution in [3.63, 3.8) is 0 Å². The fourth-order valence-electron chi connectivity index (χ4n) is 5.17. The lowest BCUT2D eigenvalue weighted by Crippen LogP contribution is -2.58. The summed E-state index contributed by atoms with van der Waals surface area (Å²) in [6, 6.07) is 1.86. The number of fused-ring (bicyclic) bond motifs is 2. The van der Waals surface area contributed by atoms with Crippen molar-refractivity contribution in [2.45, 2.75) is 52.7 Å². The van der Waals surface area contributed by atoms with E-state index in [0.717, 1.165) is 11.1 Å². The van der Waals surface area contributed by atoms with Crippen LogP contribution >= 0.6 is 11.6 Å². The molecule has 2 aromatic rings. The molecule has 3 saturated carbocycles. The van der Waals surface area contributed by atoms with Gasteiger partial charge in [0.2, 0.25) is 5.91 Å². The summed E-state index contributed by atoms with van der Waals surface area (Å²) in [6.07, 6.45) is 6.66. The maximum Gasteiger partial charge on any atom is 0.288 e. The minimum atomic E-state index is -0.512. The third kappa shape index (κ3) is 4.01. The van der Waals surface area contributed by atoms with Gasteiger partial charge in [0.25, 0.3) is 5.56 Å². The van der Waals surface area contributed by atoms with Crippen LogP contribution in [-0.2, 0) is 17.9 Å². The van der Waals surface area contributed by atoms with Crippen molar-refractivity contribution in [3.05, 3.63) is 45.6 Å². The van der Waals surface area contributed by atoms with Gasteiger partial charge in [0.1, 0.15) is 17.3 Å². The molecular weight excluding hydrogens is 418 g/mol. The van der Waals surface area contributed by atoms with Crippen LogP contribution in [-0.4, -0.2) is 31.8 Å². The summed E-state index contributed by atoms with van der Waals surface area (Å²) in [5.74, 6) is 1.41. The highest BCUT2D eigenvalue weighted by molar-refractivity contribution is 6.32. The summed E-state index contributed by atoms with van der Waals surface area (Å²) in [5.41, 5.74) is 0.913. The molecule has 0 unspecified atom stereocenters. The van der Waals surface area contributed by atoms with Crippen LogP contribution in [0.5, 0.6) is 5.75 Å². The first kappa shape index (κ1) is 21.6. The van der Waals surface area contributed by atoms with Gasteiger partial charge in [0.15, 0.2) is 0 Å². The minimum Gasteiger partial charge on any atom is -0.506 e. The topological polar surface area (TPSA) is 109 Å². The van der Waals surface area contributed by atoms with Crippen molar-refractivity contribution < 1.29 is 9.90 Å². The van der Waals surface area contributed by atoms with Crippen LogP contribution in [0.1, 0.15) is 39.2 Å². The average Bonchev–Trinajstić information content (AvgIpc) is 2.73. The second kappa shape index (κ2) is 8.15. The van der Waals surface area contributed by atoms with Crippen molar-refractivity contribution in [2.24, 2.45) is 23.2 Å². The van der Waals surface area contributed by atoms with E-state index in [4.69, 9.17) is 11.6 Å². The molecule has 8 nitrogen and oxygen atoms in total. The lowest BCUT2D eigenvalue weighted by Gasteiger charge is -2.62. The number of amides is 1. The van der Waals surface area contributed by atoms with Crippen molar-refractivity contribution in [1.82, 2.24) is 20.1 Å². The Morgan fingerprint density at radius 2 is 2.13 bits per heavy atom. The number of pyridine rings is 1. The van der Waals surface area contributed by atoms with E-state index in [1.165, 1.54) is 25.0 Å². The molecule has 3 N–H and O–H groups in total. The average molecular weight is 446 g/mol. The second-order valence-electron chi connectivity index (χ2n) is 9.32. The summed E-state index contributed by atoms with van der Waals surface area (Å²) >= 11 is 6.34. The molecule has 2 bridgehead atoms. The van der Waals surface area contributed by atoms with E-state index in [9.17, 15) is 14.7 Å². The first-order chi connectivity index (χ1) is 14.7. The van der Waals surface area contributed by atoms with Gasteiger partial charge in [-0.1, -0.05) is 32.4 Å². The zero-order valence-corrected chi connectivity index (χ0v) is 18.7. The van der Waals surface area contributed by atoms with Crippen molar-refractivity contribution in [2.75, 3.05) is 5.32 Å². The highest BCUT2D eigenvalue weighted by atomic mass is 35.5. The number of carbonyl (C=O) groups excluding carboxylic acids is 1. The van der Waals surface area contributed by atoms with Crippen LogP contribution in [0.3, 0.4) is 0 Å². The number of carbonyl (C=O) groups is 1. The molecule has 0 spiro atoms. The molecule has 0 aliphatic heterocycles. The number of hydrogen-bond acceptors (Lipinski definition) is 6. The zero-order chi connectivity index (χ0) is 22.3. The Bertz CT molecular complexity index is 1050. The third-order valence-electron chi connectivity index (χ3n) is 7.34. The first-order valence-corrected chi connectivity index (χ1v) is 11.0. The standard InChI is InChI=1S/C22H28ClN5O3/c1-12-15-6-14(22(15,2)3)7-16(12)27-17-9-26-28(21(31)20(17)23)11-19(30)25-8-13-4-5-24-10-18(13)29/h4-5,9-10,12,14-16,27,29H,6-8,11H2,1-3H3,(H,25,30)/t12-,14+,15-,16-/m1/s1. The van der Waals surface area contributed by atoms with E-state index in [2.05, 4.69) is 41.5 Å². The van der Waals surface area contributed by atoms with Gasteiger partial charge in [-0.25, -0.2) is 4.68 Å². The molecule has 2 heterocycles. The van der Waals surface area contributed by atoms with Crippen molar-refractivity contribution in [3.8, 4) is 5.75 Å². The highest BCUT2D eigenvalue weighted by Gasteiger charge is 2.56. The van der Waals surface area contributed by atoms with Crippen LogP contribution in [0.15, 0.2) is 29.5 Å². The van der Waals surface area contributed by atoms with Crippen LogP contribution in [0.2, 0.25) is 5.02 Å². The van der Waals surface area contributed by atoms with E-state index in [1.54, 1.807) is 6.07 Å². The van der Waals surface area contributed by atoms with Gasteiger partial charge in [-0.15, -0.1) is 0 Å². The third-order valence-corrected chi connectivity index (χ3v) is 7.70. The van der Waals surface area contributed by atoms with Crippen molar-refractivity contribution in [1.29, 1.82) is 0 Å². The number of rotatable bonds is 6. The van der Waals surface area contributed by atoms with E-state index < -0.39 is 11.5 Å². The lowest BCUT2D eigenvalue weighted by atomic mass is 9.45. The summed E-state index contributed by atoms with van der Waals surface area (Å²) < 4.78 is 1.04. The Balaban J connectivity index is 1.39. The van der Waals surface area contributed by atoms with Gasteiger partial charge < -0.3 is 15.7 Å². The van der Waals surface area contributed by atoms with E-state index in [-0.39, 0.29) is 29.9 Å². The molecule has 5 rings (SSSR count). The largest absolute Gasteiger partial charge is 0.506 e. The number of halogens is 1. The number of nitrogens with zero attached hydrogens (tertiary/aromatic N) is 3. The summed E-state index contributed by atoms with van der Waals surface area (Å²) in [6.45, 7) is 6.80. The Morgan fingerprint density at radius 1 is 1.35 bits per heavy atom. The number of anilines is 1. The normalized spacial score (nSPS) is 26.1. The second-order valence-corrected chi connectivity index (χ2v) is 9.70. The summed E-state index contributed by atoms with van der Waals surface area (Å²) in [7, 11) is 0. The van der Waals surface area contributed by atoms with Crippen LogP contribution in [0.25, 0.3) is 0 Å². The number of aromatic hydroxyl groups is 1. The SMILES string of the molecule is C[C@@H]1[C@H]2C[C@@H](C[C@H]1Nc1cnn(CC(=O)NCc3ccncc3O)c(=O)c1Cl)C2(C)C. The molecule has 31 heavy (non-hydrogen) atoms. The fourth-order valence-corrected chi connectivity index (χ4v) is 5.37. The van der Waals surface area contributed by atoms with Gasteiger partial charge in [-0.3, -0.25) is 14.6 Å². The molecule has 3 aliphatic rings. The molecule has 2 aromatic heterocycles. The van der Waals surface area contributed by atoms with E-state index in [0.29, 0.717) is 34.4 Å². The fraction of sp³-hybridized carbons (Fsp3) is 0.545. The molecule has 4 atom stereocenters. The molecule has 3 aliphatic carbocycles. The molecular formula is C22H28ClN5O3. The predicted octanol–water partition coefficient (Wildman–Crippen LogP) is 2.80. The molecule has 9 heteroatoms. The summed E-state index contributed by atoms with van der Waals surface area (Å²) in [5, 5.41) is 20.0. The Labute approximate surface area is 186 Å². The van der Waals surface area contributed by atoms with Gasteiger partial charge in [-0.2, -0.15) is 5.10 Å². The first-order valence-electron chi connectivity index (χ1n) is 10.6. The Kier molecular flexibility index (Phi) is 5.68. The molecule has 0 radical (unpaired) electrons. The van der Waals surface area contributed by atoms with Crippen LogP contribution < -0.4 is 16.2 Å². The summed E-state index contributed by atoms with van der Waals surface area (Å²) in [4.78, 5) is 28.7. The zero-order valence-electron chi connectivity index (χ0n) is 17.9. The van der Waals surface area contributed by atoms with Crippen LogP contribution in [0.4, 0.5) is 5.69 Å². The smallest absolute Gasteiger partial charge is 0.288 e. The van der Waals surface area contributed by atoms with E-state index >= 15 is 0 Å². The van der Waals surface area contributed by atoms with Crippen LogP contribution in [0, 0.1) is 23.2 Å². The molecule has 0 saturated heterocycles. The molecule has 1 amide bonds. The Hall–Kier alpha value is -2.61. The van der Waals surface area contributed by atoms with Gasteiger partial charge >= 0.3 is 0 Å². The monoisotopic (exact) mass is 445 g/mol. The predicted molar refractivity (Wildman–Crippen MR) is 118 cm³/mol. The van der Waals surface area contributed by atoms with E-state index in [1.807, 2.05) is 0 Å². The number of hydrogen-bond donors (Lipinski definition) is 3. The number of nitrogens with one attached hydrogen (secondary N) is 2. The van der Waals surface area contributed by atoms with Gasteiger partial charge in [0.05, 0.1) is 18.1 Å². The molecule has 3 fully saturated rings. The van der Waals surface area contributed by atoms with Gasteiger partial charge in [0, 0.05) is 24.3 Å². The quantitative estimate of drug-likeness (QED) is 0.630.